The van der Waals surface area contributed by atoms with Crippen molar-refractivity contribution in [2.75, 3.05) is 18.5 Å². The van der Waals surface area contributed by atoms with Crippen LogP contribution in [0.1, 0.15) is 93.2 Å². The number of ether oxygens (including phenoxy) is 2. The summed E-state index contributed by atoms with van der Waals surface area (Å²) < 4.78 is 20.5. The minimum absolute atomic E-state index is 0. The van der Waals surface area contributed by atoms with E-state index in [0.717, 1.165) is 25.7 Å². The van der Waals surface area contributed by atoms with Crippen molar-refractivity contribution < 1.29 is 18.8 Å². The van der Waals surface area contributed by atoms with Gasteiger partial charge in [0.15, 0.2) is 11.5 Å². The average molecular weight is 449 g/mol. The highest BCUT2D eigenvalue weighted by Crippen LogP contribution is 2.33. The van der Waals surface area contributed by atoms with Gasteiger partial charge in [-0.2, -0.15) is 0 Å². The van der Waals surface area contributed by atoms with Gasteiger partial charge < -0.3 is 19.3 Å². The van der Waals surface area contributed by atoms with Crippen LogP contribution in [0.5, 0.6) is 0 Å². The predicted octanol–water partition coefficient (Wildman–Crippen LogP) is 4.26. The number of aromatic nitrogens is 3. The summed E-state index contributed by atoms with van der Waals surface area (Å²) in [6, 6.07) is 0.167. The van der Waals surface area contributed by atoms with Gasteiger partial charge in [-0.15, -0.1) is 0 Å². The van der Waals surface area contributed by atoms with Gasteiger partial charge in [-0.1, -0.05) is 45.7 Å². The van der Waals surface area contributed by atoms with E-state index in [1.807, 2.05) is 18.7 Å². The first-order chi connectivity index (χ1) is 14.7. The zero-order valence-electron chi connectivity index (χ0n) is 19.0. The van der Waals surface area contributed by atoms with Crippen LogP contribution in [0.15, 0.2) is 9.32 Å². The van der Waals surface area contributed by atoms with E-state index in [9.17, 15) is 9.59 Å². The summed E-state index contributed by atoms with van der Waals surface area (Å²) in [5, 5.41) is 6.71. The summed E-state index contributed by atoms with van der Waals surface area (Å²) in [6.07, 6.45) is 4.71. The van der Waals surface area contributed by atoms with Gasteiger partial charge in [0.1, 0.15) is 5.69 Å². The SMILES string of the molecule is C.Cc1c(C(=O)Nc2c(C)n(C)n(C3CCCCC3)c2=O)noc1C1OCC(C)(C)CO1. The number of carbonyl (C=O) groups is 1. The van der Waals surface area contributed by atoms with Crippen molar-refractivity contribution in [1.29, 1.82) is 0 Å². The molecule has 2 aliphatic rings. The predicted molar refractivity (Wildman–Crippen MR) is 121 cm³/mol. The fourth-order valence-electron chi connectivity index (χ4n) is 4.41. The second-order valence-corrected chi connectivity index (χ2v) is 9.52. The van der Waals surface area contributed by atoms with Crippen molar-refractivity contribution in [3.05, 3.63) is 33.1 Å². The highest BCUT2D eigenvalue weighted by Gasteiger charge is 2.34. The Balaban J connectivity index is 0.00000289. The number of anilines is 1. The van der Waals surface area contributed by atoms with Crippen LogP contribution in [0.4, 0.5) is 5.69 Å². The molecular weight excluding hydrogens is 412 g/mol. The lowest BCUT2D eigenvalue weighted by Gasteiger charge is -2.33. The van der Waals surface area contributed by atoms with Crippen LogP contribution < -0.4 is 10.9 Å². The van der Waals surface area contributed by atoms with E-state index in [4.69, 9.17) is 14.0 Å². The lowest BCUT2D eigenvalue weighted by molar-refractivity contribution is -0.234. The van der Waals surface area contributed by atoms with Gasteiger partial charge in [0.05, 0.1) is 24.9 Å². The fraction of sp³-hybridized carbons (Fsp3) is 0.696. The number of nitrogens with zero attached hydrogens (tertiary/aromatic N) is 3. The Labute approximate surface area is 189 Å². The van der Waals surface area contributed by atoms with Gasteiger partial charge in [-0.3, -0.25) is 14.3 Å². The molecule has 3 heterocycles. The maximum absolute atomic E-state index is 13.1. The van der Waals surface area contributed by atoms with Crippen molar-refractivity contribution in [1.82, 2.24) is 14.5 Å². The number of amides is 1. The normalized spacial score (nSPS) is 19.5. The van der Waals surface area contributed by atoms with Crippen LogP contribution in [0.2, 0.25) is 0 Å². The molecule has 0 unspecified atom stereocenters. The van der Waals surface area contributed by atoms with Crippen molar-refractivity contribution in [3.8, 4) is 0 Å². The third kappa shape index (κ3) is 4.41. The molecule has 0 spiro atoms. The molecule has 4 rings (SSSR count). The number of rotatable bonds is 4. The van der Waals surface area contributed by atoms with Gasteiger partial charge in [-0.25, -0.2) is 4.68 Å². The second-order valence-electron chi connectivity index (χ2n) is 9.52. The Bertz CT molecular complexity index is 1020. The molecule has 0 atom stereocenters. The monoisotopic (exact) mass is 448 g/mol. The maximum Gasteiger partial charge on any atom is 0.291 e. The molecule has 2 aromatic rings. The van der Waals surface area contributed by atoms with Crippen LogP contribution in [-0.4, -0.2) is 33.6 Å². The fourth-order valence-corrected chi connectivity index (χ4v) is 4.41. The molecule has 1 aliphatic carbocycles. The molecule has 9 heteroatoms. The van der Waals surface area contributed by atoms with E-state index in [1.54, 1.807) is 11.6 Å². The smallest absolute Gasteiger partial charge is 0.291 e. The summed E-state index contributed by atoms with van der Waals surface area (Å²) >= 11 is 0. The molecule has 0 radical (unpaired) electrons. The summed E-state index contributed by atoms with van der Waals surface area (Å²) in [6.45, 7) is 8.72. The molecule has 178 valence electrons. The first-order valence-electron chi connectivity index (χ1n) is 11.0. The van der Waals surface area contributed by atoms with Crippen LogP contribution >= 0.6 is 0 Å². The topological polar surface area (TPSA) is 101 Å². The number of nitrogens with one attached hydrogen (secondary N) is 1. The van der Waals surface area contributed by atoms with E-state index in [-0.39, 0.29) is 35.8 Å². The Morgan fingerprint density at radius 2 is 1.75 bits per heavy atom. The molecule has 0 bridgehead atoms. The van der Waals surface area contributed by atoms with Crippen LogP contribution in [0.3, 0.4) is 0 Å². The lowest BCUT2D eigenvalue weighted by Crippen LogP contribution is -2.33. The average Bonchev–Trinajstić information content (AvgIpc) is 3.22. The molecule has 0 aromatic carbocycles. The van der Waals surface area contributed by atoms with Gasteiger partial charge in [0.25, 0.3) is 11.5 Å². The third-order valence-corrected chi connectivity index (χ3v) is 6.39. The van der Waals surface area contributed by atoms with Crippen LogP contribution in [-0.2, 0) is 16.5 Å². The second kappa shape index (κ2) is 9.23. The van der Waals surface area contributed by atoms with Crippen molar-refractivity contribution in [2.24, 2.45) is 12.5 Å². The number of carbonyl (C=O) groups excluding carboxylic acids is 1. The highest BCUT2D eigenvalue weighted by molar-refractivity contribution is 6.04. The molecule has 1 saturated heterocycles. The first-order valence-corrected chi connectivity index (χ1v) is 11.0. The Hall–Kier alpha value is -2.39. The first kappa shape index (κ1) is 24.3. The van der Waals surface area contributed by atoms with E-state index in [2.05, 4.69) is 24.3 Å². The summed E-state index contributed by atoms with van der Waals surface area (Å²) in [7, 11) is 1.86. The Kier molecular flexibility index (Phi) is 7.00. The molecule has 9 nitrogen and oxygen atoms in total. The van der Waals surface area contributed by atoms with E-state index < -0.39 is 12.2 Å². The Morgan fingerprint density at radius 1 is 1.12 bits per heavy atom. The molecular formula is C23H36N4O5. The minimum atomic E-state index is -0.691. The largest absolute Gasteiger partial charge is 0.355 e. The van der Waals surface area contributed by atoms with Crippen molar-refractivity contribution in [3.63, 3.8) is 0 Å². The zero-order valence-corrected chi connectivity index (χ0v) is 19.0. The van der Waals surface area contributed by atoms with E-state index in [0.29, 0.717) is 30.2 Å². The van der Waals surface area contributed by atoms with Gasteiger partial charge in [-0.05, 0) is 26.7 Å². The van der Waals surface area contributed by atoms with Crippen molar-refractivity contribution >= 4 is 11.6 Å². The third-order valence-electron chi connectivity index (χ3n) is 6.39. The van der Waals surface area contributed by atoms with Crippen LogP contribution in [0.25, 0.3) is 0 Å². The molecule has 1 N–H and O–H groups in total. The summed E-state index contributed by atoms with van der Waals surface area (Å²) in [4.78, 5) is 26.1. The zero-order chi connectivity index (χ0) is 22.3. The number of hydrogen-bond donors (Lipinski definition) is 1. The quantitative estimate of drug-likeness (QED) is 0.750. The molecule has 1 amide bonds. The van der Waals surface area contributed by atoms with Gasteiger partial charge in [0, 0.05) is 18.0 Å². The molecule has 32 heavy (non-hydrogen) atoms. The summed E-state index contributed by atoms with van der Waals surface area (Å²) in [5.74, 6) is -0.102. The van der Waals surface area contributed by atoms with Crippen molar-refractivity contribution in [2.45, 2.75) is 79.6 Å². The van der Waals surface area contributed by atoms with Crippen LogP contribution in [0, 0.1) is 19.3 Å². The van der Waals surface area contributed by atoms with Gasteiger partial charge >= 0.3 is 0 Å². The molecule has 2 fully saturated rings. The minimum Gasteiger partial charge on any atom is -0.355 e. The molecule has 1 saturated carbocycles. The Morgan fingerprint density at radius 3 is 2.38 bits per heavy atom. The lowest BCUT2D eigenvalue weighted by atomic mass is 9.95. The highest BCUT2D eigenvalue weighted by atomic mass is 16.7. The van der Waals surface area contributed by atoms with E-state index >= 15 is 0 Å². The maximum atomic E-state index is 13.1. The summed E-state index contributed by atoms with van der Waals surface area (Å²) in [5.41, 5.74) is 1.42. The molecule has 1 aliphatic heterocycles. The molecule has 2 aromatic heterocycles. The van der Waals surface area contributed by atoms with E-state index in [1.165, 1.54) is 6.42 Å². The standard InChI is InChI=1S/C22H32N4O5.CH4/c1-13-16(24-31-18(13)21-29-11-22(3,4)12-30-21)19(27)23-17-14(2)25(5)26(20(17)28)15-9-7-6-8-10-15;/h15,21H,6-12H2,1-5H3,(H,23,27);1H4. The number of hydrogen-bond acceptors (Lipinski definition) is 6. The van der Waals surface area contributed by atoms with Gasteiger partial charge in [0.2, 0.25) is 6.29 Å².